The average Bonchev–Trinajstić information content (AvgIpc) is 1.84. The Morgan fingerprint density at radius 2 is 2.44 bits per heavy atom. The molecule has 0 aromatic heterocycles. The fourth-order valence-electron chi connectivity index (χ4n) is 1.30. The second-order valence-electron chi connectivity index (χ2n) is 2.91. The zero-order valence-corrected chi connectivity index (χ0v) is 6.17. The van der Waals surface area contributed by atoms with Crippen molar-refractivity contribution in [3.63, 3.8) is 0 Å². The molecule has 0 saturated carbocycles. The van der Waals surface area contributed by atoms with Crippen molar-refractivity contribution in [2.75, 3.05) is 13.2 Å². The molecule has 1 rings (SSSR count). The maximum atomic E-state index is 8.75. The van der Waals surface area contributed by atoms with Crippen molar-refractivity contribution in [2.45, 2.75) is 32.4 Å². The molecule has 1 saturated heterocycles. The summed E-state index contributed by atoms with van der Waals surface area (Å²) in [5.41, 5.74) is 0. The first-order chi connectivity index (χ1) is 4.25. The van der Waals surface area contributed by atoms with Crippen LogP contribution in [0.15, 0.2) is 0 Å². The first kappa shape index (κ1) is 7.03. The molecule has 2 heteroatoms. The molecule has 0 aromatic rings. The number of nitrogens with zero attached hydrogens (tertiary/aromatic N) is 1. The highest BCUT2D eigenvalue weighted by Crippen LogP contribution is 2.18. The molecule has 0 radical (unpaired) electrons. The molecule has 0 bridgehead atoms. The lowest BCUT2D eigenvalue weighted by atomic mass is 10.0. The van der Waals surface area contributed by atoms with Gasteiger partial charge in [-0.05, 0) is 20.3 Å². The third-order valence-electron chi connectivity index (χ3n) is 2.20. The maximum Gasteiger partial charge on any atom is 0.0584 e. The fourth-order valence-corrected chi connectivity index (χ4v) is 1.30. The summed E-state index contributed by atoms with van der Waals surface area (Å²) < 4.78 is 0. The smallest absolute Gasteiger partial charge is 0.0584 e. The molecule has 0 aromatic carbocycles. The van der Waals surface area contributed by atoms with E-state index in [1.165, 1.54) is 13.0 Å². The van der Waals surface area contributed by atoms with Crippen molar-refractivity contribution in [2.24, 2.45) is 0 Å². The van der Waals surface area contributed by atoms with E-state index in [4.69, 9.17) is 5.11 Å². The zero-order valence-electron chi connectivity index (χ0n) is 6.17. The third kappa shape index (κ3) is 1.25. The van der Waals surface area contributed by atoms with Crippen LogP contribution in [0.1, 0.15) is 20.3 Å². The Morgan fingerprint density at radius 3 is 2.56 bits per heavy atom. The molecule has 1 aliphatic rings. The molecule has 1 fully saturated rings. The standard InChI is InChI=1S/C7H15NO/c1-6-3-4-8(6)7(2)5-9/h6-7,9H,3-5H2,1-2H3/t6?,7-/m1/s1. The van der Waals surface area contributed by atoms with E-state index in [2.05, 4.69) is 18.7 Å². The number of likely N-dealkylation sites (tertiary alicyclic amines) is 1. The highest BCUT2D eigenvalue weighted by atomic mass is 16.3. The fraction of sp³-hybridized carbons (Fsp3) is 1.00. The molecule has 1 aliphatic heterocycles. The zero-order chi connectivity index (χ0) is 6.85. The van der Waals surface area contributed by atoms with Gasteiger partial charge in [0.25, 0.3) is 0 Å². The summed E-state index contributed by atoms with van der Waals surface area (Å²) in [5.74, 6) is 0. The third-order valence-corrected chi connectivity index (χ3v) is 2.20. The highest BCUT2D eigenvalue weighted by Gasteiger charge is 2.26. The van der Waals surface area contributed by atoms with E-state index in [1.807, 2.05) is 0 Å². The van der Waals surface area contributed by atoms with Crippen molar-refractivity contribution in [1.29, 1.82) is 0 Å². The predicted octanol–water partition coefficient (Wildman–Crippen LogP) is 0.461. The monoisotopic (exact) mass is 129 g/mol. The van der Waals surface area contributed by atoms with Gasteiger partial charge in [0, 0.05) is 18.6 Å². The quantitative estimate of drug-likeness (QED) is 0.585. The summed E-state index contributed by atoms with van der Waals surface area (Å²) in [6.45, 7) is 5.73. The summed E-state index contributed by atoms with van der Waals surface area (Å²) in [4.78, 5) is 2.32. The Hall–Kier alpha value is -0.0800. The summed E-state index contributed by atoms with van der Waals surface area (Å²) in [6, 6.07) is 1.07. The van der Waals surface area contributed by atoms with Gasteiger partial charge in [-0.3, -0.25) is 4.90 Å². The van der Waals surface area contributed by atoms with E-state index in [0.29, 0.717) is 18.7 Å². The normalized spacial score (nSPS) is 31.7. The van der Waals surface area contributed by atoms with Gasteiger partial charge in [-0.15, -0.1) is 0 Å². The minimum absolute atomic E-state index is 0.296. The largest absolute Gasteiger partial charge is 0.395 e. The van der Waals surface area contributed by atoms with Crippen LogP contribution in [0.25, 0.3) is 0 Å². The lowest BCUT2D eigenvalue weighted by Crippen LogP contribution is -2.51. The molecular formula is C7H15NO. The Bertz CT molecular complexity index is 94.9. The van der Waals surface area contributed by atoms with Crippen LogP contribution >= 0.6 is 0 Å². The Morgan fingerprint density at radius 1 is 1.78 bits per heavy atom. The topological polar surface area (TPSA) is 23.5 Å². The van der Waals surface area contributed by atoms with Crippen LogP contribution in [-0.4, -0.2) is 35.2 Å². The molecule has 1 unspecified atom stereocenters. The van der Waals surface area contributed by atoms with E-state index >= 15 is 0 Å². The van der Waals surface area contributed by atoms with Crippen LogP contribution in [0, 0.1) is 0 Å². The van der Waals surface area contributed by atoms with Gasteiger partial charge in [0.05, 0.1) is 6.61 Å². The van der Waals surface area contributed by atoms with Crippen molar-refractivity contribution >= 4 is 0 Å². The molecule has 54 valence electrons. The van der Waals surface area contributed by atoms with Crippen molar-refractivity contribution < 1.29 is 5.11 Å². The Balaban J connectivity index is 2.25. The highest BCUT2D eigenvalue weighted by molar-refractivity contribution is 4.82. The number of hydrogen-bond acceptors (Lipinski definition) is 2. The van der Waals surface area contributed by atoms with E-state index in [9.17, 15) is 0 Å². The molecule has 1 N–H and O–H groups in total. The maximum absolute atomic E-state index is 8.75. The number of aliphatic hydroxyl groups excluding tert-OH is 1. The number of aliphatic hydroxyl groups is 1. The van der Waals surface area contributed by atoms with Crippen LogP contribution in [0.3, 0.4) is 0 Å². The van der Waals surface area contributed by atoms with Gasteiger partial charge in [0.15, 0.2) is 0 Å². The molecular weight excluding hydrogens is 114 g/mol. The van der Waals surface area contributed by atoms with Gasteiger partial charge in [-0.1, -0.05) is 0 Å². The second-order valence-corrected chi connectivity index (χ2v) is 2.91. The van der Waals surface area contributed by atoms with Gasteiger partial charge < -0.3 is 5.11 Å². The van der Waals surface area contributed by atoms with E-state index in [0.717, 1.165) is 0 Å². The lowest BCUT2D eigenvalue weighted by molar-refractivity contribution is 0.0314. The molecule has 0 aliphatic carbocycles. The van der Waals surface area contributed by atoms with Gasteiger partial charge in [0.2, 0.25) is 0 Å². The second kappa shape index (κ2) is 2.67. The average molecular weight is 129 g/mol. The lowest BCUT2D eigenvalue weighted by Gasteiger charge is -2.42. The van der Waals surface area contributed by atoms with E-state index in [1.54, 1.807) is 0 Å². The summed E-state index contributed by atoms with van der Waals surface area (Å²) in [5, 5.41) is 8.75. The Labute approximate surface area is 56.5 Å². The molecule has 0 amide bonds. The first-order valence-electron chi connectivity index (χ1n) is 3.62. The Kier molecular flexibility index (Phi) is 2.09. The van der Waals surface area contributed by atoms with Crippen LogP contribution in [-0.2, 0) is 0 Å². The van der Waals surface area contributed by atoms with Crippen molar-refractivity contribution in [1.82, 2.24) is 4.90 Å². The van der Waals surface area contributed by atoms with Crippen molar-refractivity contribution in [3.8, 4) is 0 Å². The van der Waals surface area contributed by atoms with Crippen molar-refractivity contribution in [3.05, 3.63) is 0 Å². The molecule has 1 heterocycles. The van der Waals surface area contributed by atoms with E-state index in [-0.39, 0.29) is 0 Å². The predicted molar refractivity (Wildman–Crippen MR) is 37.3 cm³/mol. The van der Waals surface area contributed by atoms with Crippen LogP contribution < -0.4 is 0 Å². The first-order valence-corrected chi connectivity index (χ1v) is 3.62. The van der Waals surface area contributed by atoms with Gasteiger partial charge in [0.1, 0.15) is 0 Å². The number of hydrogen-bond donors (Lipinski definition) is 1. The molecule has 0 spiro atoms. The van der Waals surface area contributed by atoms with Gasteiger partial charge in [-0.2, -0.15) is 0 Å². The van der Waals surface area contributed by atoms with Gasteiger partial charge in [-0.25, -0.2) is 0 Å². The molecule has 2 nitrogen and oxygen atoms in total. The summed E-state index contributed by atoms with van der Waals surface area (Å²) >= 11 is 0. The van der Waals surface area contributed by atoms with E-state index < -0.39 is 0 Å². The minimum atomic E-state index is 0.296. The van der Waals surface area contributed by atoms with Crippen LogP contribution in [0.4, 0.5) is 0 Å². The summed E-state index contributed by atoms with van der Waals surface area (Å²) in [6.07, 6.45) is 1.30. The summed E-state index contributed by atoms with van der Waals surface area (Å²) in [7, 11) is 0. The SMILES string of the molecule is CC1CCN1[C@H](C)CO. The molecule has 9 heavy (non-hydrogen) atoms. The van der Waals surface area contributed by atoms with Crippen LogP contribution in [0.5, 0.6) is 0 Å². The number of rotatable bonds is 2. The molecule has 2 atom stereocenters. The minimum Gasteiger partial charge on any atom is -0.395 e. The van der Waals surface area contributed by atoms with Gasteiger partial charge >= 0.3 is 0 Å². The van der Waals surface area contributed by atoms with Crippen LogP contribution in [0.2, 0.25) is 0 Å².